The van der Waals surface area contributed by atoms with Crippen molar-refractivity contribution in [2.45, 2.75) is 32.1 Å². The molecule has 5 aromatic rings. The molecule has 1 unspecified atom stereocenters. The smallest absolute Gasteiger partial charge is 0.320 e. The van der Waals surface area contributed by atoms with E-state index >= 15 is 0 Å². The quantitative estimate of drug-likeness (QED) is 0.199. The lowest BCUT2D eigenvalue weighted by Crippen LogP contribution is -2.28. The van der Waals surface area contributed by atoms with Crippen LogP contribution in [-0.4, -0.2) is 70.8 Å². The number of hydrogen-bond donors (Lipinski definition) is 2. The number of carbonyl (C=O) groups excluding carboxylic acids is 2. The first kappa shape index (κ1) is 32.2. The van der Waals surface area contributed by atoms with Crippen molar-refractivity contribution in [3.05, 3.63) is 94.7 Å². The van der Waals surface area contributed by atoms with Crippen molar-refractivity contribution in [3.8, 4) is 28.7 Å². The molecule has 1 aliphatic heterocycles. The second-order valence-corrected chi connectivity index (χ2v) is 11.0. The number of methoxy groups -OCH3 is 2. The van der Waals surface area contributed by atoms with Crippen LogP contribution in [0.2, 0.25) is 0 Å². The molecule has 3 N–H and O–H groups in total. The van der Waals surface area contributed by atoms with Crippen LogP contribution in [0.25, 0.3) is 16.6 Å². The van der Waals surface area contributed by atoms with Crippen LogP contribution in [0.15, 0.2) is 77.9 Å². The van der Waals surface area contributed by atoms with E-state index in [1.807, 2.05) is 6.07 Å². The van der Waals surface area contributed by atoms with Gasteiger partial charge in [-0.3, -0.25) is 24.0 Å². The Morgan fingerprint density at radius 2 is 1.79 bits per heavy atom. The van der Waals surface area contributed by atoms with Crippen molar-refractivity contribution in [2.75, 3.05) is 32.7 Å². The SMILES string of the molecule is COc1cc2nccc(Oc3ccc(NC(=O)c4c(C)n(CC5C[C@H](OC(=O)CN)CO5)n(-c5ccccc5)c4=O)nc3)c2cc1OC. The van der Waals surface area contributed by atoms with Crippen LogP contribution in [0.3, 0.4) is 0 Å². The molecule has 2 aromatic carbocycles. The molecule has 0 spiro atoms. The van der Waals surface area contributed by atoms with Crippen molar-refractivity contribution >= 4 is 28.6 Å². The number of anilines is 1. The molecule has 48 heavy (non-hydrogen) atoms. The third-order valence-electron chi connectivity index (χ3n) is 7.92. The minimum absolute atomic E-state index is 0.0438. The van der Waals surface area contributed by atoms with Gasteiger partial charge in [-0.1, -0.05) is 18.2 Å². The van der Waals surface area contributed by atoms with Gasteiger partial charge in [0.15, 0.2) is 11.5 Å². The first-order valence-electron chi connectivity index (χ1n) is 15.1. The van der Waals surface area contributed by atoms with E-state index in [0.29, 0.717) is 51.7 Å². The molecule has 0 radical (unpaired) electrons. The third kappa shape index (κ3) is 6.56. The molecule has 248 valence electrons. The van der Waals surface area contributed by atoms with E-state index < -0.39 is 23.5 Å². The average Bonchev–Trinajstić information content (AvgIpc) is 3.65. The number of nitrogens with two attached hydrogens (primary N) is 1. The molecule has 1 fully saturated rings. The van der Waals surface area contributed by atoms with Crippen LogP contribution < -0.4 is 30.8 Å². The standard InChI is InChI=1S/C34H34N6O8/c1-20-32(34(43)40(21-7-5-4-6-8-21)39(20)18-23-13-24(19-46-23)48-31(41)16-35)33(42)38-30-10-9-22(17-37-30)47-27-11-12-36-26-15-29(45-3)28(44-2)14-25(26)27/h4-12,14-15,17,23-24H,13,16,18-19,35H2,1-3H3,(H,37,38,42)/t23?,24-/m0/s1. The lowest BCUT2D eigenvalue weighted by molar-refractivity contribution is -0.147. The average molecular weight is 655 g/mol. The van der Waals surface area contributed by atoms with Gasteiger partial charge < -0.3 is 34.7 Å². The highest BCUT2D eigenvalue weighted by molar-refractivity contribution is 6.04. The maximum atomic E-state index is 13.8. The normalized spacial score (nSPS) is 15.7. The van der Waals surface area contributed by atoms with Gasteiger partial charge >= 0.3 is 5.97 Å². The zero-order chi connectivity index (χ0) is 33.8. The predicted molar refractivity (Wildman–Crippen MR) is 175 cm³/mol. The highest BCUT2D eigenvalue weighted by Gasteiger charge is 2.31. The fourth-order valence-corrected chi connectivity index (χ4v) is 5.62. The fourth-order valence-electron chi connectivity index (χ4n) is 5.62. The lowest BCUT2D eigenvalue weighted by atomic mass is 10.2. The Morgan fingerprint density at radius 3 is 2.50 bits per heavy atom. The largest absolute Gasteiger partial charge is 0.493 e. The van der Waals surface area contributed by atoms with Gasteiger partial charge in [0.1, 0.15) is 29.0 Å². The summed E-state index contributed by atoms with van der Waals surface area (Å²) < 4.78 is 31.3. The van der Waals surface area contributed by atoms with Crippen molar-refractivity contribution in [1.29, 1.82) is 0 Å². The fraction of sp³-hybridized carbons (Fsp3) is 0.265. The minimum Gasteiger partial charge on any atom is -0.493 e. The maximum Gasteiger partial charge on any atom is 0.320 e. The molecule has 2 atom stereocenters. The number of esters is 1. The summed E-state index contributed by atoms with van der Waals surface area (Å²) in [4.78, 5) is 47.8. The Labute approximate surface area is 274 Å². The van der Waals surface area contributed by atoms with Crippen LogP contribution >= 0.6 is 0 Å². The second kappa shape index (κ2) is 13.9. The number of aromatic nitrogens is 4. The van der Waals surface area contributed by atoms with Crippen molar-refractivity contribution < 1.29 is 33.3 Å². The van der Waals surface area contributed by atoms with Crippen LogP contribution in [-0.2, 0) is 20.8 Å². The topological polar surface area (TPSA) is 171 Å². The van der Waals surface area contributed by atoms with Gasteiger partial charge in [0.2, 0.25) is 0 Å². The maximum absolute atomic E-state index is 13.8. The predicted octanol–water partition coefficient (Wildman–Crippen LogP) is 3.61. The summed E-state index contributed by atoms with van der Waals surface area (Å²) in [6.45, 7) is 1.94. The lowest BCUT2D eigenvalue weighted by Gasteiger charge is -2.17. The highest BCUT2D eigenvalue weighted by Crippen LogP contribution is 2.36. The summed E-state index contributed by atoms with van der Waals surface area (Å²) in [5, 5.41) is 3.44. The van der Waals surface area contributed by atoms with Gasteiger partial charge in [0.05, 0.1) is 63.1 Å². The van der Waals surface area contributed by atoms with Crippen LogP contribution in [0.4, 0.5) is 5.82 Å². The Hall–Kier alpha value is -5.73. The Bertz CT molecular complexity index is 2010. The molecule has 1 amide bonds. The molecule has 3 aromatic heterocycles. The number of hydrogen-bond acceptors (Lipinski definition) is 11. The molecule has 0 aliphatic carbocycles. The number of amides is 1. The second-order valence-electron chi connectivity index (χ2n) is 11.0. The van der Waals surface area contributed by atoms with E-state index in [1.54, 1.807) is 86.6 Å². The van der Waals surface area contributed by atoms with Crippen molar-refractivity contribution in [3.63, 3.8) is 0 Å². The first-order valence-corrected chi connectivity index (χ1v) is 15.1. The number of ether oxygens (including phenoxy) is 5. The summed E-state index contributed by atoms with van der Waals surface area (Å²) in [5.74, 6) is 1.10. The van der Waals surface area contributed by atoms with E-state index in [4.69, 9.17) is 29.4 Å². The van der Waals surface area contributed by atoms with Gasteiger partial charge in [-0.2, -0.15) is 0 Å². The Morgan fingerprint density at radius 1 is 1.02 bits per heavy atom. The van der Waals surface area contributed by atoms with Gasteiger partial charge in [0.25, 0.3) is 11.5 Å². The molecular weight excluding hydrogens is 620 g/mol. The number of nitrogens with zero attached hydrogens (tertiary/aromatic N) is 4. The van der Waals surface area contributed by atoms with E-state index in [2.05, 4.69) is 15.3 Å². The first-order chi connectivity index (χ1) is 23.3. The third-order valence-corrected chi connectivity index (χ3v) is 7.92. The summed E-state index contributed by atoms with van der Waals surface area (Å²) in [7, 11) is 3.10. The molecule has 4 heterocycles. The molecule has 6 rings (SSSR count). The van der Waals surface area contributed by atoms with E-state index in [9.17, 15) is 14.4 Å². The molecule has 0 saturated carbocycles. The molecule has 14 nitrogen and oxygen atoms in total. The number of fused-ring (bicyclic) bond motifs is 1. The van der Waals surface area contributed by atoms with Crippen LogP contribution in [0.1, 0.15) is 22.5 Å². The van der Waals surface area contributed by atoms with Gasteiger partial charge in [0, 0.05) is 24.1 Å². The molecule has 1 aliphatic rings. The number of rotatable bonds is 11. The van der Waals surface area contributed by atoms with Crippen molar-refractivity contribution in [1.82, 2.24) is 19.3 Å². The Kier molecular flexibility index (Phi) is 9.36. The zero-order valence-corrected chi connectivity index (χ0v) is 26.5. The summed E-state index contributed by atoms with van der Waals surface area (Å²) in [5.41, 5.74) is 6.49. The number of carbonyl (C=O) groups is 2. The van der Waals surface area contributed by atoms with Crippen molar-refractivity contribution in [2.24, 2.45) is 5.73 Å². The van der Waals surface area contributed by atoms with E-state index in [-0.39, 0.29) is 37.2 Å². The molecule has 0 bridgehead atoms. The van der Waals surface area contributed by atoms with Gasteiger partial charge in [-0.15, -0.1) is 0 Å². The minimum atomic E-state index is -0.620. The van der Waals surface area contributed by atoms with Gasteiger partial charge in [-0.05, 0) is 43.3 Å². The number of para-hydroxylation sites is 1. The molecule has 1 saturated heterocycles. The summed E-state index contributed by atoms with van der Waals surface area (Å²) in [6, 6.07) is 17.5. The van der Waals surface area contributed by atoms with Crippen LogP contribution in [0, 0.1) is 6.92 Å². The van der Waals surface area contributed by atoms with E-state index in [0.717, 1.165) is 0 Å². The number of benzene rings is 2. The molecular formula is C34H34N6O8. The van der Waals surface area contributed by atoms with Gasteiger partial charge in [-0.25, -0.2) is 9.67 Å². The van der Waals surface area contributed by atoms with Crippen LogP contribution in [0.5, 0.6) is 23.0 Å². The Balaban J connectivity index is 1.22. The summed E-state index contributed by atoms with van der Waals surface area (Å²) >= 11 is 0. The van der Waals surface area contributed by atoms with E-state index in [1.165, 1.54) is 10.9 Å². The highest BCUT2D eigenvalue weighted by atomic mass is 16.6. The monoisotopic (exact) mass is 654 g/mol. The number of pyridine rings is 2. The molecule has 14 heteroatoms. The summed E-state index contributed by atoms with van der Waals surface area (Å²) in [6.07, 6.45) is 2.70. The zero-order valence-electron chi connectivity index (χ0n) is 26.5. The number of nitrogens with one attached hydrogen (secondary N) is 1.